The normalized spacial score (nSPS) is 13.3. The zero-order valence-corrected chi connectivity index (χ0v) is 23.8. The second-order valence-corrected chi connectivity index (χ2v) is 23.0. The number of ether oxygens (including phenoxy) is 2. The van der Waals surface area contributed by atoms with Crippen molar-refractivity contribution in [3.05, 3.63) is 48.0 Å². The first-order valence-corrected chi connectivity index (χ1v) is 20.5. The number of carbonyl (C=O) groups is 2. The molecule has 0 heterocycles. The SMILES string of the molecule is C=C([CH2][Sn]([CH2]CCC)([CH2]CCC)[CH2]CCC)[C@@H](C)OC(=O)[C@@H](OC(C)=O)c1ccccc1. The second kappa shape index (κ2) is 15.5. The Morgan fingerprint density at radius 3 is 1.84 bits per heavy atom. The van der Waals surface area contributed by atoms with Crippen LogP contribution in [-0.2, 0) is 19.1 Å². The van der Waals surface area contributed by atoms with Crippen LogP contribution in [0.4, 0.5) is 0 Å². The van der Waals surface area contributed by atoms with Gasteiger partial charge in [-0.2, -0.15) is 0 Å². The molecule has 0 amide bonds. The molecule has 0 saturated heterocycles. The quantitative estimate of drug-likeness (QED) is 0.121. The Balaban J connectivity index is 2.94. The molecule has 0 unspecified atom stereocenters. The van der Waals surface area contributed by atoms with Gasteiger partial charge in [0.1, 0.15) is 0 Å². The predicted molar refractivity (Wildman–Crippen MR) is 135 cm³/mol. The summed E-state index contributed by atoms with van der Waals surface area (Å²) in [5, 5.41) is 0. The van der Waals surface area contributed by atoms with E-state index >= 15 is 0 Å². The Hall–Kier alpha value is -1.30. The molecule has 0 saturated carbocycles. The van der Waals surface area contributed by atoms with Crippen molar-refractivity contribution < 1.29 is 19.1 Å². The van der Waals surface area contributed by atoms with Crippen LogP contribution in [0, 0.1) is 0 Å². The van der Waals surface area contributed by atoms with Crippen LogP contribution in [0.25, 0.3) is 0 Å². The molecule has 0 aliphatic heterocycles. The van der Waals surface area contributed by atoms with Gasteiger partial charge in [0.15, 0.2) is 0 Å². The van der Waals surface area contributed by atoms with Gasteiger partial charge in [0.25, 0.3) is 0 Å². The van der Waals surface area contributed by atoms with Gasteiger partial charge in [-0.15, -0.1) is 0 Å². The fourth-order valence-electron chi connectivity index (χ4n) is 4.29. The molecule has 0 bridgehead atoms. The van der Waals surface area contributed by atoms with Crippen LogP contribution < -0.4 is 0 Å². The fourth-order valence-corrected chi connectivity index (χ4v) is 21.0. The van der Waals surface area contributed by atoms with E-state index in [2.05, 4.69) is 27.4 Å². The summed E-state index contributed by atoms with van der Waals surface area (Å²) in [6.07, 6.45) is 6.16. The minimum absolute atomic E-state index is 0.384. The first-order chi connectivity index (χ1) is 15.3. The van der Waals surface area contributed by atoms with Crippen LogP contribution in [0.5, 0.6) is 0 Å². The van der Waals surface area contributed by atoms with Crippen molar-refractivity contribution in [1.82, 2.24) is 0 Å². The van der Waals surface area contributed by atoms with E-state index in [1.165, 1.54) is 58.8 Å². The van der Waals surface area contributed by atoms with Crippen molar-refractivity contribution in [3.63, 3.8) is 0 Å². The first kappa shape index (κ1) is 28.7. The van der Waals surface area contributed by atoms with Gasteiger partial charge in [0, 0.05) is 0 Å². The molecule has 180 valence electrons. The van der Waals surface area contributed by atoms with Gasteiger partial charge >= 0.3 is 201 Å². The summed E-state index contributed by atoms with van der Waals surface area (Å²) < 4.78 is 16.4. The molecule has 0 aliphatic carbocycles. The number of carbonyl (C=O) groups excluding carboxylic acids is 2. The van der Waals surface area contributed by atoms with Crippen molar-refractivity contribution in [2.45, 2.75) is 103 Å². The van der Waals surface area contributed by atoms with Gasteiger partial charge in [-0.05, 0) is 0 Å². The molecule has 4 nitrogen and oxygen atoms in total. The zero-order chi connectivity index (χ0) is 24.0. The molecule has 2 atom stereocenters. The topological polar surface area (TPSA) is 52.6 Å². The summed E-state index contributed by atoms with van der Waals surface area (Å²) >= 11 is -2.42. The standard InChI is InChI=1S/C15H17O4.3C4H9.Sn/c1-10(2)11(3)18-15(17)14(19-12(4)16)13-8-6-5-7-9-13;3*1-3-4-2;/h5-9,11,14H,1-2H2,3-4H3;3*1,3-4H2,2H3;/t11-,14+;;;;/m1..../s1. The maximum atomic E-state index is 13.0. The van der Waals surface area contributed by atoms with Gasteiger partial charge in [0.2, 0.25) is 0 Å². The van der Waals surface area contributed by atoms with Crippen molar-refractivity contribution in [2.24, 2.45) is 0 Å². The number of benzene rings is 1. The van der Waals surface area contributed by atoms with Gasteiger partial charge in [-0.25, -0.2) is 0 Å². The molecular weight excluding hydrogens is 507 g/mol. The zero-order valence-electron chi connectivity index (χ0n) is 21.0. The molecule has 1 rings (SSSR count). The Morgan fingerprint density at radius 1 is 0.906 bits per heavy atom. The molecule has 0 aromatic heterocycles. The average Bonchev–Trinajstić information content (AvgIpc) is 2.78. The van der Waals surface area contributed by atoms with Crippen LogP contribution in [0.2, 0.25) is 17.7 Å². The summed E-state index contributed by atoms with van der Waals surface area (Å²) in [4.78, 5) is 24.6. The summed E-state index contributed by atoms with van der Waals surface area (Å²) in [6.45, 7) is 14.4. The second-order valence-electron chi connectivity index (χ2n) is 9.12. The summed E-state index contributed by atoms with van der Waals surface area (Å²) in [7, 11) is 0. The van der Waals surface area contributed by atoms with E-state index in [0.29, 0.717) is 5.56 Å². The van der Waals surface area contributed by atoms with E-state index in [4.69, 9.17) is 9.47 Å². The van der Waals surface area contributed by atoms with Crippen molar-refractivity contribution in [1.29, 1.82) is 0 Å². The van der Waals surface area contributed by atoms with Crippen LogP contribution in [0.1, 0.15) is 84.8 Å². The van der Waals surface area contributed by atoms with Gasteiger partial charge in [-0.3, -0.25) is 0 Å². The Kier molecular flexibility index (Phi) is 13.9. The third-order valence-corrected chi connectivity index (χ3v) is 21.8. The molecule has 0 radical (unpaired) electrons. The van der Waals surface area contributed by atoms with Crippen LogP contribution in [-0.4, -0.2) is 36.4 Å². The Morgan fingerprint density at radius 2 is 1.41 bits per heavy atom. The third kappa shape index (κ3) is 10.1. The predicted octanol–water partition coefficient (Wildman–Crippen LogP) is 7.63. The Labute approximate surface area is 200 Å². The van der Waals surface area contributed by atoms with E-state index in [1.807, 2.05) is 25.1 Å². The summed E-state index contributed by atoms with van der Waals surface area (Å²) in [5.74, 6) is -1.03. The molecular formula is C27H44O4Sn. The molecule has 0 N–H and O–H groups in total. The maximum absolute atomic E-state index is 13.0. The minimum atomic E-state index is -2.42. The first-order valence-electron chi connectivity index (χ1n) is 12.4. The van der Waals surface area contributed by atoms with E-state index in [0.717, 1.165) is 10.0 Å². The third-order valence-electron chi connectivity index (χ3n) is 6.25. The molecule has 32 heavy (non-hydrogen) atoms. The Bertz CT molecular complexity index is 679. The number of rotatable bonds is 16. The van der Waals surface area contributed by atoms with Crippen LogP contribution in [0.3, 0.4) is 0 Å². The molecule has 1 aromatic rings. The van der Waals surface area contributed by atoms with E-state index in [9.17, 15) is 9.59 Å². The van der Waals surface area contributed by atoms with Crippen LogP contribution in [0.15, 0.2) is 42.5 Å². The number of esters is 2. The molecule has 0 spiro atoms. The number of unbranched alkanes of at least 4 members (excludes halogenated alkanes) is 3. The van der Waals surface area contributed by atoms with Gasteiger partial charge in [-0.1, -0.05) is 0 Å². The van der Waals surface area contributed by atoms with E-state index in [-0.39, 0.29) is 6.10 Å². The van der Waals surface area contributed by atoms with Crippen LogP contribution >= 0.6 is 0 Å². The van der Waals surface area contributed by atoms with Gasteiger partial charge < -0.3 is 0 Å². The number of hydrogen-bond acceptors (Lipinski definition) is 4. The summed E-state index contributed by atoms with van der Waals surface area (Å²) in [6, 6.07) is 9.05. The average molecular weight is 551 g/mol. The molecule has 0 fully saturated rings. The molecule has 1 aromatic carbocycles. The van der Waals surface area contributed by atoms with Crippen molar-refractivity contribution in [2.75, 3.05) is 0 Å². The van der Waals surface area contributed by atoms with Crippen molar-refractivity contribution >= 4 is 30.3 Å². The van der Waals surface area contributed by atoms with Crippen molar-refractivity contribution in [3.8, 4) is 0 Å². The number of hydrogen-bond donors (Lipinski definition) is 0. The van der Waals surface area contributed by atoms with Gasteiger partial charge in [0.05, 0.1) is 0 Å². The fraction of sp³-hybridized carbons (Fsp3) is 0.630. The monoisotopic (exact) mass is 552 g/mol. The molecule has 5 heteroatoms. The van der Waals surface area contributed by atoms with E-state index in [1.54, 1.807) is 12.1 Å². The van der Waals surface area contributed by atoms with E-state index < -0.39 is 36.4 Å². The molecule has 0 aliphatic rings. The summed E-state index contributed by atoms with van der Waals surface area (Å²) in [5.41, 5.74) is 1.65.